The molecular weight excluding hydrogens is 322 g/mol. The maximum Gasteiger partial charge on any atom is 0.0577 e. The molecule has 0 amide bonds. The monoisotopic (exact) mass is 337 g/mol. The summed E-state index contributed by atoms with van der Waals surface area (Å²) in [6, 6.07) is 11.6. The van der Waals surface area contributed by atoms with Crippen LogP contribution in [0.2, 0.25) is 0 Å². The van der Waals surface area contributed by atoms with E-state index in [4.69, 9.17) is 5.73 Å². The Morgan fingerprint density at radius 2 is 1.89 bits per heavy atom. The molecule has 0 fully saturated rings. The Morgan fingerprint density at radius 1 is 1.16 bits per heavy atom. The number of halogens is 1. The molecule has 2 aromatic rings. The highest BCUT2D eigenvalue weighted by molar-refractivity contribution is 9.10. The van der Waals surface area contributed by atoms with Gasteiger partial charge in [0.25, 0.3) is 0 Å². The number of nitrogens with two attached hydrogens (primary N) is 1. The van der Waals surface area contributed by atoms with Crippen LogP contribution in [0.5, 0.6) is 0 Å². The van der Waals surface area contributed by atoms with Gasteiger partial charge in [0.1, 0.15) is 0 Å². The molecule has 2 nitrogen and oxygen atoms in total. The van der Waals surface area contributed by atoms with Crippen molar-refractivity contribution in [3.63, 3.8) is 0 Å². The Bertz CT molecular complexity index is 640. The first-order chi connectivity index (χ1) is 8.97. The molecule has 0 aliphatic carbocycles. The molecule has 0 aromatic heterocycles. The second-order valence-electron chi connectivity index (χ2n) is 4.61. The van der Waals surface area contributed by atoms with E-state index in [1.165, 1.54) is 5.56 Å². The molecule has 0 saturated carbocycles. The van der Waals surface area contributed by atoms with Crippen LogP contribution in [0.1, 0.15) is 16.7 Å². The Hall–Kier alpha value is -1.13. The first-order valence-electron chi connectivity index (χ1n) is 5.97. The zero-order valence-electron chi connectivity index (χ0n) is 10.9. The van der Waals surface area contributed by atoms with Gasteiger partial charge in [-0.05, 0) is 43.2 Å². The van der Waals surface area contributed by atoms with Crippen LogP contribution in [0.15, 0.2) is 45.8 Å². The molecule has 2 rings (SSSR count). The van der Waals surface area contributed by atoms with Crippen molar-refractivity contribution in [3.05, 3.63) is 57.6 Å². The van der Waals surface area contributed by atoms with Gasteiger partial charge in [-0.1, -0.05) is 39.7 Å². The molecule has 0 aliphatic heterocycles. The smallest absolute Gasteiger partial charge is 0.0577 e. The number of anilines is 1. The third kappa shape index (κ3) is 3.45. The predicted molar refractivity (Wildman–Crippen MR) is 84.6 cm³/mol. The number of nitrogen functional groups attached to an aromatic ring is 1. The first-order valence-corrected chi connectivity index (χ1v) is 8.08. The van der Waals surface area contributed by atoms with Crippen LogP contribution in [0.4, 0.5) is 5.69 Å². The van der Waals surface area contributed by atoms with Gasteiger partial charge in [-0.25, -0.2) is 0 Å². The van der Waals surface area contributed by atoms with E-state index in [0.717, 1.165) is 20.5 Å². The van der Waals surface area contributed by atoms with Gasteiger partial charge in [0, 0.05) is 15.1 Å². The fourth-order valence-electron chi connectivity index (χ4n) is 1.95. The van der Waals surface area contributed by atoms with E-state index in [1.54, 1.807) is 0 Å². The lowest BCUT2D eigenvalue weighted by Crippen LogP contribution is -2.00. The van der Waals surface area contributed by atoms with E-state index in [1.807, 2.05) is 44.2 Å². The predicted octanol–water partition coefficient (Wildman–Crippen LogP) is 3.96. The Labute approximate surface area is 124 Å². The van der Waals surface area contributed by atoms with Gasteiger partial charge in [-0.3, -0.25) is 4.21 Å². The lowest BCUT2D eigenvalue weighted by molar-refractivity contribution is 0.682. The normalized spacial score (nSPS) is 12.4. The van der Waals surface area contributed by atoms with E-state index < -0.39 is 10.8 Å². The number of rotatable bonds is 3. The van der Waals surface area contributed by atoms with Crippen LogP contribution in [-0.4, -0.2) is 4.21 Å². The molecule has 100 valence electrons. The first kappa shape index (κ1) is 14.3. The lowest BCUT2D eigenvalue weighted by atomic mass is 10.2. The number of aryl methyl sites for hydroxylation is 2. The lowest BCUT2D eigenvalue weighted by Gasteiger charge is -2.09. The SMILES string of the molecule is Cc1ccc(S(=O)Cc2ccc(N)cc2Br)c(C)c1. The van der Waals surface area contributed by atoms with Gasteiger partial charge in [0.15, 0.2) is 0 Å². The summed E-state index contributed by atoms with van der Waals surface area (Å²) in [5.41, 5.74) is 9.67. The van der Waals surface area contributed by atoms with Crippen LogP contribution < -0.4 is 5.73 Å². The molecule has 4 heteroatoms. The van der Waals surface area contributed by atoms with Crippen LogP contribution in [0.25, 0.3) is 0 Å². The third-order valence-electron chi connectivity index (χ3n) is 2.94. The maximum atomic E-state index is 12.4. The van der Waals surface area contributed by atoms with Crippen molar-refractivity contribution < 1.29 is 4.21 Å². The van der Waals surface area contributed by atoms with Gasteiger partial charge in [-0.15, -0.1) is 0 Å². The fraction of sp³-hybridized carbons (Fsp3) is 0.200. The molecule has 1 unspecified atom stereocenters. The molecule has 1 atom stereocenters. The van der Waals surface area contributed by atoms with Crippen molar-refractivity contribution in [1.29, 1.82) is 0 Å². The highest BCUT2D eigenvalue weighted by Crippen LogP contribution is 2.24. The largest absolute Gasteiger partial charge is 0.399 e. The van der Waals surface area contributed by atoms with E-state index in [0.29, 0.717) is 11.4 Å². The molecule has 0 heterocycles. The average Bonchev–Trinajstić information content (AvgIpc) is 2.32. The van der Waals surface area contributed by atoms with Crippen molar-refractivity contribution in [2.45, 2.75) is 24.5 Å². The van der Waals surface area contributed by atoms with E-state index >= 15 is 0 Å². The van der Waals surface area contributed by atoms with E-state index in [2.05, 4.69) is 22.0 Å². The van der Waals surface area contributed by atoms with Gasteiger partial charge in [-0.2, -0.15) is 0 Å². The van der Waals surface area contributed by atoms with Crippen molar-refractivity contribution in [2.75, 3.05) is 5.73 Å². The molecular formula is C15H16BrNOS. The van der Waals surface area contributed by atoms with Gasteiger partial charge >= 0.3 is 0 Å². The molecule has 0 spiro atoms. The molecule has 0 aliphatic rings. The minimum atomic E-state index is -1.04. The molecule has 2 N–H and O–H groups in total. The number of hydrogen-bond donors (Lipinski definition) is 1. The molecule has 2 aromatic carbocycles. The van der Waals surface area contributed by atoms with Crippen LogP contribution >= 0.6 is 15.9 Å². The molecule has 19 heavy (non-hydrogen) atoms. The minimum Gasteiger partial charge on any atom is -0.399 e. The summed E-state index contributed by atoms with van der Waals surface area (Å²) in [7, 11) is -1.04. The summed E-state index contributed by atoms with van der Waals surface area (Å²) in [6.45, 7) is 4.04. The van der Waals surface area contributed by atoms with E-state index in [-0.39, 0.29) is 0 Å². The Kier molecular flexibility index (Phi) is 4.42. The second kappa shape index (κ2) is 5.88. The summed E-state index contributed by atoms with van der Waals surface area (Å²) < 4.78 is 13.4. The standard InChI is InChI=1S/C15H16BrNOS/c1-10-3-6-15(11(2)7-10)19(18)9-12-4-5-13(17)8-14(12)16/h3-8H,9,17H2,1-2H3. The fourth-order valence-corrected chi connectivity index (χ4v) is 4.00. The maximum absolute atomic E-state index is 12.4. The van der Waals surface area contributed by atoms with Gasteiger partial charge in [0.05, 0.1) is 16.6 Å². The Morgan fingerprint density at radius 3 is 2.53 bits per heavy atom. The van der Waals surface area contributed by atoms with Crippen molar-refractivity contribution >= 4 is 32.4 Å². The highest BCUT2D eigenvalue weighted by atomic mass is 79.9. The molecule has 0 radical (unpaired) electrons. The quantitative estimate of drug-likeness (QED) is 0.861. The molecule has 0 saturated heterocycles. The highest BCUT2D eigenvalue weighted by Gasteiger charge is 2.10. The summed E-state index contributed by atoms with van der Waals surface area (Å²) in [4.78, 5) is 0.898. The van der Waals surface area contributed by atoms with Crippen molar-refractivity contribution in [1.82, 2.24) is 0 Å². The van der Waals surface area contributed by atoms with Gasteiger partial charge < -0.3 is 5.73 Å². The number of hydrogen-bond acceptors (Lipinski definition) is 2. The zero-order chi connectivity index (χ0) is 14.0. The van der Waals surface area contributed by atoms with Gasteiger partial charge in [0.2, 0.25) is 0 Å². The molecule has 0 bridgehead atoms. The van der Waals surface area contributed by atoms with Crippen LogP contribution in [0, 0.1) is 13.8 Å². The topological polar surface area (TPSA) is 43.1 Å². The van der Waals surface area contributed by atoms with Crippen molar-refractivity contribution in [2.24, 2.45) is 0 Å². The second-order valence-corrected chi connectivity index (χ2v) is 6.88. The van der Waals surface area contributed by atoms with Crippen LogP contribution in [0.3, 0.4) is 0 Å². The minimum absolute atomic E-state index is 0.491. The summed E-state index contributed by atoms with van der Waals surface area (Å²) in [6.07, 6.45) is 0. The zero-order valence-corrected chi connectivity index (χ0v) is 13.3. The van der Waals surface area contributed by atoms with Crippen LogP contribution in [-0.2, 0) is 16.6 Å². The van der Waals surface area contributed by atoms with Crippen molar-refractivity contribution in [3.8, 4) is 0 Å². The summed E-state index contributed by atoms with van der Waals surface area (Å²) >= 11 is 3.46. The van der Waals surface area contributed by atoms with E-state index in [9.17, 15) is 4.21 Å². The summed E-state index contributed by atoms with van der Waals surface area (Å²) in [5, 5.41) is 0. The Balaban J connectivity index is 2.25. The average molecular weight is 338 g/mol. The summed E-state index contributed by atoms with van der Waals surface area (Å²) in [5.74, 6) is 0.491. The third-order valence-corrected chi connectivity index (χ3v) is 5.20. The number of benzene rings is 2.